The van der Waals surface area contributed by atoms with Crippen molar-refractivity contribution >= 4 is 17.5 Å². The number of aryl methyl sites for hydroxylation is 1. The molecule has 0 radical (unpaired) electrons. The molecule has 0 aliphatic carbocycles. The van der Waals surface area contributed by atoms with Gasteiger partial charge in [0, 0.05) is 11.4 Å². The van der Waals surface area contributed by atoms with Gasteiger partial charge < -0.3 is 14.5 Å². The van der Waals surface area contributed by atoms with Crippen LogP contribution in [0.25, 0.3) is 0 Å². The summed E-state index contributed by atoms with van der Waals surface area (Å²) >= 11 is 0. The summed E-state index contributed by atoms with van der Waals surface area (Å²) in [4.78, 5) is 11.8. The smallest absolute Gasteiger partial charge is 0.412 e. The molecule has 0 bridgehead atoms. The minimum absolute atomic E-state index is 0.466. The molecule has 1 aromatic heterocycles. The number of rotatable bonds is 4. The summed E-state index contributed by atoms with van der Waals surface area (Å²) < 4.78 is 10.6. The zero-order valence-corrected chi connectivity index (χ0v) is 13.4. The number of hydrogen-bond donors (Lipinski definition) is 2. The Bertz CT molecular complexity index is 641. The molecule has 0 saturated carbocycles. The van der Waals surface area contributed by atoms with Gasteiger partial charge in [0.05, 0.1) is 12.8 Å². The van der Waals surface area contributed by atoms with Crippen molar-refractivity contribution in [2.45, 2.75) is 39.8 Å². The second-order valence-corrected chi connectivity index (χ2v) is 6.09. The minimum atomic E-state index is -0.517. The van der Waals surface area contributed by atoms with E-state index >= 15 is 0 Å². The van der Waals surface area contributed by atoms with Crippen LogP contribution in [0.5, 0.6) is 0 Å². The Morgan fingerprint density at radius 1 is 1.23 bits per heavy atom. The van der Waals surface area contributed by atoms with E-state index in [0.717, 1.165) is 17.0 Å². The molecule has 2 rings (SSSR count). The molecule has 2 N–H and O–H groups in total. The molecule has 1 aromatic carbocycles. The molecule has 1 heterocycles. The van der Waals surface area contributed by atoms with Crippen LogP contribution in [-0.2, 0) is 11.3 Å². The molecule has 118 valence electrons. The highest BCUT2D eigenvalue weighted by Gasteiger charge is 2.16. The molecule has 0 saturated heterocycles. The van der Waals surface area contributed by atoms with Crippen LogP contribution in [0.4, 0.5) is 16.2 Å². The van der Waals surface area contributed by atoms with Crippen LogP contribution in [0, 0.1) is 6.92 Å². The number of furan rings is 1. The summed E-state index contributed by atoms with van der Waals surface area (Å²) in [6, 6.07) is 9.38. The molecule has 0 atom stereocenters. The summed E-state index contributed by atoms with van der Waals surface area (Å²) in [5.41, 5.74) is 2.16. The van der Waals surface area contributed by atoms with Gasteiger partial charge in [0.1, 0.15) is 11.4 Å². The Morgan fingerprint density at radius 2 is 1.95 bits per heavy atom. The molecule has 0 aliphatic rings. The minimum Gasteiger partial charge on any atom is -0.467 e. The molecule has 22 heavy (non-hydrogen) atoms. The van der Waals surface area contributed by atoms with Gasteiger partial charge in [-0.3, -0.25) is 5.32 Å². The van der Waals surface area contributed by atoms with Gasteiger partial charge in [0.25, 0.3) is 0 Å². The van der Waals surface area contributed by atoms with Crippen LogP contribution in [0.2, 0.25) is 0 Å². The Morgan fingerprint density at radius 3 is 2.59 bits per heavy atom. The lowest BCUT2D eigenvalue weighted by Crippen LogP contribution is -2.27. The van der Waals surface area contributed by atoms with E-state index in [1.807, 2.05) is 58.0 Å². The van der Waals surface area contributed by atoms with Crippen molar-refractivity contribution in [3.8, 4) is 0 Å². The lowest BCUT2D eigenvalue weighted by molar-refractivity contribution is 0.0636. The van der Waals surface area contributed by atoms with Crippen molar-refractivity contribution in [1.82, 2.24) is 0 Å². The van der Waals surface area contributed by atoms with E-state index in [1.54, 1.807) is 6.26 Å². The van der Waals surface area contributed by atoms with Crippen LogP contribution in [0.1, 0.15) is 32.1 Å². The van der Waals surface area contributed by atoms with Gasteiger partial charge in [0.15, 0.2) is 0 Å². The molecule has 0 fully saturated rings. The predicted molar refractivity (Wildman–Crippen MR) is 87.1 cm³/mol. The summed E-state index contributed by atoms with van der Waals surface area (Å²) in [6.07, 6.45) is 1.21. The molecular weight excluding hydrogens is 280 g/mol. The van der Waals surface area contributed by atoms with Crippen molar-refractivity contribution in [1.29, 1.82) is 0 Å². The number of amides is 1. The van der Waals surface area contributed by atoms with Crippen molar-refractivity contribution < 1.29 is 13.9 Å². The first-order valence-corrected chi connectivity index (χ1v) is 7.20. The predicted octanol–water partition coefficient (Wildman–Crippen LogP) is 4.55. The molecular formula is C17H22N2O3. The normalized spacial score (nSPS) is 11.1. The number of hydrogen-bond acceptors (Lipinski definition) is 4. The number of carbonyl (C=O) groups excluding carboxylic acids is 1. The Balaban J connectivity index is 1.95. The fourth-order valence-corrected chi connectivity index (χ4v) is 1.90. The van der Waals surface area contributed by atoms with Crippen LogP contribution in [0.15, 0.2) is 41.0 Å². The summed E-state index contributed by atoms with van der Waals surface area (Å²) in [6.45, 7) is 8.08. The first-order chi connectivity index (χ1) is 10.3. The second-order valence-electron chi connectivity index (χ2n) is 6.09. The molecule has 1 amide bonds. The average molecular weight is 302 g/mol. The molecule has 0 aliphatic heterocycles. The fraction of sp³-hybridized carbons (Fsp3) is 0.353. The zero-order chi connectivity index (χ0) is 16.2. The topological polar surface area (TPSA) is 63.5 Å². The fourth-order valence-electron chi connectivity index (χ4n) is 1.90. The van der Waals surface area contributed by atoms with Gasteiger partial charge >= 0.3 is 6.09 Å². The Labute approximate surface area is 130 Å². The van der Waals surface area contributed by atoms with E-state index in [2.05, 4.69) is 10.6 Å². The maximum Gasteiger partial charge on any atom is 0.412 e. The third-order valence-electron chi connectivity index (χ3n) is 2.93. The quantitative estimate of drug-likeness (QED) is 0.870. The van der Waals surface area contributed by atoms with E-state index in [1.165, 1.54) is 0 Å². The van der Waals surface area contributed by atoms with Crippen LogP contribution in [0.3, 0.4) is 0 Å². The first-order valence-electron chi connectivity index (χ1n) is 7.20. The van der Waals surface area contributed by atoms with Gasteiger partial charge in [-0.05, 0) is 57.5 Å². The summed E-state index contributed by atoms with van der Waals surface area (Å²) in [5, 5.41) is 5.98. The summed E-state index contributed by atoms with van der Waals surface area (Å²) in [5.74, 6) is 0.894. The number of anilines is 2. The monoisotopic (exact) mass is 302 g/mol. The van der Waals surface area contributed by atoms with Crippen molar-refractivity contribution in [2.24, 2.45) is 0 Å². The highest BCUT2D eigenvalue weighted by Crippen LogP contribution is 2.18. The standard InChI is InChI=1S/C17H22N2O3/c1-12-8-9-21-15(12)11-18-13-6-5-7-14(10-13)19-16(20)22-17(2,3)4/h5-10,18H,11H2,1-4H3,(H,19,20). The van der Waals surface area contributed by atoms with E-state index in [4.69, 9.17) is 9.15 Å². The third-order valence-corrected chi connectivity index (χ3v) is 2.93. The maximum absolute atomic E-state index is 11.8. The zero-order valence-electron chi connectivity index (χ0n) is 13.4. The number of nitrogens with one attached hydrogen (secondary N) is 2. The first kappa shape index (κ1) is 15.9. The Kier molecular flexibility index (Phi) is 4.75. The van der Waals surface area contributed by atoms with Crippen LogP contribution in [-0.4, -0.2) is 11.7 Å². The van der Waals surface area contributed by atoms with Gasteiger partial charge in [-0.2, -0.15) is 0 Å². The van der Waals surface area contributed by atoms with E-state index < -0.39 is 11.7 Å². The highest BCUT2D eigenvalue weighted by molar-refractivity contribution is 5.85. The summed E-state index contributed by atoms with van der Waals surface area (Å²) in [7, 11) is 0. The van der Waals surface area contributed by atoms with Crippen molar-refractivity contribution in [3.05, 3.63) is 47.9 Å². The third kappa shape index (κ3) is 4.84. The largest absolute Gasteiger partial charge is 0.467 e. The van der Waals surface area contributed by atoms with Gasteiger partial charge in [-0.1, -0.05) is 6.07 Å². The van der Waals surface area contributed by atoms with Crippen LogP contribution < -0.4 is 10.6 Å². The molecule has 5 nitrogen and oxygen atoms in total. The van der Waals surface area contributed by atoms with Crippen molar-refractivity contribution in [2.75, 3.05) is 10.6 Å². The SMILES string of the molecule is Cc1ccoc1CNc1cccc(NC(=O)OC(C)(C)C)c1. The Hall–Kier alpha value is -2.43. The van der Waals surface area contributed by atoms with Gasteiger partial charge in [-0.15, -0.1) is 0 Å². The van der Waals surface area contributed by atoms with Gasteiger partial charge in [0.2, 0.25) is 0 Å². The second kappa shape index (κ2) is 6.56. The molecule has 0 spiro atoms. The molecule has 0 unspecified atom stereocenters. The maximum atomic E-state index is 11.8. The molecule has 5 heteroatoms. The lowest BCUT2D eigenvalue weighted by Gasteiger charge is -2.19. The molecule has 2 aromatic rings. The van der Waals surface area contributed by atoms with Crippen LogP contribution >= 0.6 is 0 Å². The number of ether oxygens (including phenoxy) is 1. The number of carbonyl (C=O) groups is 1. The van der Waals surface area contributed by atoms with E-state index in [-0.39, 0.29) is 0 Å². The number of benzene rings is 1. The lowest BCUT2D eigenvalue weighted by atomic mass is 10.2. The van der Waals surface area contributed by atoms with Crippen molar-refractivity contribution in [3.63, 3.8) is 0 Å². The van der Waals surface area contributed by atoms with Gasteiger partial charge in [-0.25, -0.2) is 4.79 Å². The van der Waals surface area contributed by atoms with E-state index in [0.29, 0.717) is 12.2 Å². The average Bonchev–Trinajstić information content (AvgIpc) is 2.80. The van der Waals surface area contributed by atoms with E-state index in [9.17, 15) is 4.79 Å². The highest BCUT2D eigenvalue weighted by atomic mass is 16.6.